The normalized spacial score (nSPS) is 28.4. The van der Waals surface area contributed by atoms with Crippen molar-refractivity contribution in [3.8, 4) is 18.2 Å². The first-order chi connectivity index (χ1) is 22.5. The van der Waals surface area contributed by atoms with Crippen LogP contribution in [0.1, 0.15) is 84.4 Å². The Morgan fingerprint density at radius 2 is 1.77 bits per heavy atom. The molecule has 2 spiro atoms. The van der Waals surface area contributed by atoms with Gasteiger partial charge in [0.25, 0.3) is 0 Å². The van der Waals surface area contributed by atoms with Crippen LogP contribution in [0, 0.1) is 17.8 Å². The average molecular weight is 651 g/mol. The highest BCUT2D eigenvalue weighted by Gasteiger charge is 2.62. The van der Waals surface area contributed by atoms with Crippen LogP contribution in [0.3, 0.4) is 0 Å². The van der Waals surface area contributed by atoms with Crippen LogP contribution in [0.4, 0.5) is 10.6 Å². The molecule has 2 N–H and O–H groups in total. The minimum atomic E-state index is -0.896. The van der Waals surface area contributed by atoms with Crippen LogP contribution in [0.25, 0.3) is 5.70 Å². The third-order valence-electron chi connectivity index (χ3n) is 10.4. The number of ether oxygens (including phenoxy) is 4. The molecule has 12 heteroatoms. The van der Waals surface area contributed by atoms with Gasteiger partial charge in [-0.2, -0.15) is 4.98 Å². The molecule has 12 nitrogen and oxygen atoms in total. The molecule has 2 aliphatic carbocycles. The SMILES string of the molecule is C#C[C@H](Oc1cc(N2CCN(C(=O)OC(C)(C)C)CC2)nc(/C(N)=C2\CCC[C@@]3(CCCCC34OCCO4)C2=O)n1)[C@@H]1CCCN1C. The second kappa shape index (κ2) is 13.2. The monoisotopic (exact) mass is 650 g/mol. The summed E-state index contributed by atoms with van der Waals surface area (Å²) in [7, 11) is 2.05. The molecule has 4 heterocycles. The fourth-order valence-corrected chi connectivity index (χ4v) is 8.04. The van der Waals surface area contributed by atoms with Gasteiger partial charge in [-0.25, -0.2) is 9.78 Å². The molecule has 0 unspecified atom stereocenters. The summed E-state index contributed by atoms with van der Waals surface area (Å²) in [4.78, 5) is 42.9. The number of carbonyl (C=O) groups excluding carboxylic acids is 2. The zero-order chi connectivity index (χ0) is 33.4. The molecule has 5 aliphatic rings. The average Bonchev–Trinajstić information content (AvgIpc) is 3.71. The molecule has 3 saturated heterocycles. The lowest BCUT2D eigenvalue weighted by molar-refractivity contribution is -0.251. The number of ketones is 1. The van der Waals surface area contributed by atoms with E-state index in [1.807, 2.05) is 20.8 Å². The van der Waals surface area contributed by atoms with Gasteiger partial charge in [0.1, 0.15) is 11.4 Å². The highest BCUT2D eigenvalue weighted by Crippen LogP contribution is 2.56. The first kappa shape index (κ1) is 33.5. The number of allylic oxidation sites excluding steroid dienone is 1. The molecule has 0 aromatic carbocycles. The Labute approximate surface area is 278 Å². The lowest BCUT2D eigenvalue weighted by Crippen LogP contribution is -2.58. The maximum atomic E-state index is 14.5. The summed E-state index contributed by atoms with van der Waals surface area (Å²) in [6.07, 6.45) is 12.4. The van der Waals surface area contributed by atoms with Crippen LogP contribution in [0.2, 0.25) is 0 Å². The van der Waals surface area contributed by atoms with E-state index >= 15 is 0 Å². The Hall–Kier alpha value is -3.40. The van der Waals surface area contributed by atoms with Gasteiger partial charge in [0.15, 0.2) is 23.5 Å². The molecule has 5 fully saturated rings. The summed E-state index contributed by atoms with van der Waals surface area (Å²) in [5.41, 5.74) is 6.33. The van der Waals surface area contributed by atoms with E-state index in [1.165, 1.54) is 0 Å². The van der Waals surface area contributed by atoms with Crippen molar-refractivity contribution in [3.05, 3.63) is 17.5 Å². The number of fused-ring (bicyclic) bond motifs is 1. The molecule has 0 bridgehead atoms. The zero-order valence-corrected chi connectivity index (χ0v) is 28.4. The zero-order valence-electron chi connectivity index (χ0n) is 28.4. The number of hydrogen-bond acceptors (Lipinski definition) is 11. The maximum Gasteiger partial charge on any atom is 0.410 e. The van der Waals surface area contributed by atoms with Gasteiger partial charge in [-0.1, -0.05) is 12.3 Å². The van der Waals surface area contributed by atoms with Gasteiger partial charge >= 0.3 is 6.09 Å². The summed E-state index contributed by atoms with van der Waals surface area (Å²) < 4.78 is 24.5. The number of hydrogen-bond donors (Lipinski definition) is 1. The van der Waals surface area contributed by atoms with E-state index in [1.54, 1.807) is 11.0 Å². The molecule has 1 aromatic heterocycles. The van der Waals surface area contributed by atoms with Crippen molar-refractivity contribution >= 4 is 23.4 Å². The number of Topliss-reactive ketones (excluding diaryl/α,β-unsaturated/α-hetero) is 1. The van der Waals surface area contributed by atoms with Crippen molar-refractivity contribution in [1.29, 1.82) is 0 Å². The van der Waals surface area contributed by atoms with Crippen LogP contribution in [0.15, 0.2) is 11.6 Å². The van der Waals surface area contributed by atoms with E-state index in [4.69, 9.17) is 41.1 Å². The minimum Gasteiger partial charge on any atom is -0.459 e. The number of nitrogens with zero attached hydrogens (tertiary/aromatic N) is 5. The molecular weight excluding hydrogens is 600 g/mol. The maximum absolute atomic E-state index is 14.5. The lowest BCUT2D eigenvalue weighted by Gasteiger charge is -2.51. The molecular formula is C35H50N6O6. The number of likely N-dealkylation sites (N-methyl/N-ethyl adjacent to an activating group) is 1. The van der Waals surface area contributed by atoms with E-state index < -0.39 is 22.9 Å². The van der Waals surface area contributed by atoms with Crippen LogP contribution < -0.4 is 15.4 Å². The minimum absolute atomic E-state index is 0.0145. The Kier molecular flexibility index (Phi) is 9.44. The molecule has 2 saturated carbocycles. The van der Waals surface area contributed by atoms with Gasteiger partial charge in [-0.3, -0.25) is 9.69 Å². The molecule has 6 rings (SSSR count). The van der Waals surface area contributed by atoms with Crippen LogP contribution >= 0.6 is 0 Å². The van der Waals surface area contributed by atoms with Crippen LogP contribution in [-0.4, -0.2) is 108 Å². The molecule has 3 aliphatic heterocycles. The molecule has 1 amide bonds. The lowest BCUT2D eigenvalue weighted by atomic mass is 9.59. The third kappa shape index (κ3) is 6.54. The second-order valence-corrected chi connectivity index (χ2v) is 14.6. The van der Waals surface area contributed by atoms with E-state index in [-0.39, 0.29) is 29.4 Å². The first-order valence-corrected chi connectivity index (χ1v) is 17.2. The summed E-state index contributed by atoms with van der Waals surface area (Å²) >= 11 is 0. The number of terminal acetylenes is 1. The number of amides is 1. The van der Waals surface area contributed by atoms with Gasteiger partial charge in [0.2, 0.25) is 5.88 Å². The number of likely N-dealkylation sites (tertiary alicyclic amines) is 1. The summed E-state index contributed by atoms with van der Waals surface area (Å²) in [6.45, 7) is 9.47. The fraction of sp³-hybridized carbons (Fsp3) is 0.714. The molecule has 1 aromatic rings. The standard InChI is InChI=1S/C35H50N6O6/c1-6-26(25-12-10-16-39(25)5)46-28-23-27(40-17-19-41(20-18-40)32(43)47-33(2,3)4)37-31(38-28)29(36)24-11-9-14-34(30(24)42)13-7-8-15-35(34)44-21-22-45-35/h1,23,25-26H,7-22,36H2,2-5H3/b29-24-/t25-,26-,34-/m0/s1. The summed E-state index contributed by atoms with van der Waals surface area (Å²) in [5.74, 6) is 3.06. The van der Waals surface area contributed by atoms with Gasteiger partial charge in [-0.15, -0.1) is 6.42 Å². The predicted molar refractivity (Wildman–Crippen MR) is 176 cm³/mol. The van der Waals surface area contributed by atoms with Gasteiger partial charge in [-0.05, 0) is 79.3 Å². The highest BCUT2D eigenvalue weighted by molar-refractivity contribution is 6.06. The Morgan fingerprint density at radius 1 is 1.06 bits per heavy atom. The molecule has 3 atom stereocenters. The smallest absolute Gasteiger partial charge is 0.410 e. The van der Waals surface area contributed by atoms with Crippen molar-refractivity contribution in [3.63, 3.8) is 0 Å². The Balaban J connectivity index is 1.32. The summed E-state index contributed by atoms with van der Waals surface area (Å²) in [6, 6.07) is 1.84. The number of rotatable bonds is 5. The van der Waals surface area contributed by atoms with Crippen molar-refractivity contribution in [2.24, 2.45) is 11.1 Å². The molecule has 0 radical (unpaired) electrons. The van der Waals surface area contributed by atoms with Crippen LogP contribution in [-0.2, 0) is 19.0 Å². The first-order valence-electron chi connectivity index (χ1n) is 17.2. The number of anilines is 1. The van der Waals surface area contributed by atoms with E-state index in [0.717, 1.165) is 38.6 Å². The molecule has 256 valence electrons. The van der Waals surface area contributed by atoms with Crippen molar-refractivity contribution in [2.45, 2.75) is 102 Å². The van der Waals surface area contributed by atoms with Gasteiger partial charge < -0.3 is 34.5 Å². The van der Waals surface area contributed by atoms with Crippen molar-refractivity contribution in [1.82, 2.24) is 19.8 Å². The van der Waals surface area contributed by atoms with E-state index in [2.05, 4.69) is 22.8 Å². The van der Waals surface area contributed by atoms with Crippen molar-refractivity contribution < 1.29 is 28.5 Å². The summed E-state index contributed by atoms with van der Waals surface area (Å²) in [5, 5.41) is 0. The largest absolute Gasteiger partial charge is 0.459 e. The molecule has 47 heavy (non-hydrogen) atoms. The van der Waals surface area contributed by atoms with Crippen molar-refractivity contribution in [2.75, 3.05) is 57.9 Å². The van der Waals surface area contributed by atoms with E-state index in [0.29, 0.717) is 82.3 Å². The van der Waals surface area contributed by atoms with E-state index in [9.17, 15) is 9.59 Å². The fourth-order valence-electron chi connectivity index (χ4n) is 8.04. The van der Waals surface area contributed by atoms with Gasteiger partial charge in [0.05, 0.1) is 30.4 Å². The predicted octanol–water partition coefficient (Wildman–Crippen LogP) is 3.73. The number of nitrogens with two attached hydrogens (primary N) is 1. The number of carbonyl (C=O) groups is 2. The van der Waals surface area contributed by atoms with Crippen LogP contribution in [0.5, 0.6) is 5.88 Å². The number of aromatic nitrogens is 2. The quantitative estimate of drug-likeness (QED) is 0.369. The van der Waals surface area contributed by atoms with Gasteiger partial charge in [0, 0.05) is 44.2 Å². The second-order valence-electron chi connectivity index (χ2n) is 14.6. The third-order valence-corrected chi connectivity index (χ3v) is 10.4. The topological polar surface area (TPSA) is 133 Å². The number of piperazine rings is 1. The highest BCUT2D eigenvalue weighted by atomic mass is 16.7. The Bertz CT molecular complexity index is 1420. The Morgan fingerprint density at radius 3 is 2.43 bits per heavy atom.